The van der Waals surface area contributed by atoms with Gasteiger partial charge in [-0.2, -0.15) is 0 Å². The van der Waals surface area contributed by atoms with Crippen molar-refractivity contribution in [1.82, 2.24) is 10.2 Å². The SMILES string of the molecule is CCCC(N)C(=O)NCCCN1CCN(c2ccccc2)CC1. The maximum Gasteiger partial charge on any atom is 0.236 e. The average molecular weight is 318 g/mol. The van der Waals surface area contributed by atoms with Gasteiger partial charge in [0.15, 0.2) is 0 Å². The molecule has 5 heteroatoms. The Hall–Kier alpha value is -1.59. The van der Waals surface area contributed by atoms with Gasteiger partial charge in [0.2, 0.25) is 5.91 Å². The van der Waals surface area contributed by atoms with E-state index in [-0.39, 0.29) is 11.9 Å². The van der Waals surface area contributed by atoms with Crippen molar-refractivity contribution in [3.05, 3.63) is 30.3 Å². The van der Waals surface area contributed by atoms with Gasteiger partial charge < -0.3 is 16.0 Å². The third kappa shape index (κ3) is 5.84. The molecule has 0 saturated carbocycles. The Morgan fingerprint density at radius 3 is 2.57 bits per heavy atom. The lowest BCUT2D eigenvalue weighted by Gasteiger charge is -2.36. The molecule has 5 nitrogen and oxygen atoms in total. The summed E-state index contributed by atoms with van der Waals surface area (Å²) in [5.74, 6) is -0.0132. The lowest BCUT2D eigenvalue weighted by atomic mass is 10.1. The van der Waals surface area contributed by atoms with E-state index in [9.17, 15) is 4.79 Å². The van der Waals surface area contributed by atoms with Crippen molar-refractivity contribution in [2.24, 2.45) is 5.73 Å². The van der Waals surface area contributed by atoms with Gasteiger partial charge in [0.25, 0.3) is 0 Å². The molecule has 1 aromatic carbocycles. The van der Waals surface area contributed by atoms with Crippen LogP contribution < -0.4 is 16.0 Å². The molecule has 1 unspecified atom stereocenters. The largest absolute Gasteiger partial charge is 0.369 e. The zero-order chi connectivity index (χ0) is 16.5. The van der Waals surface area contributed by atoms with Crippen molar-refractivity contribution in [2.75, 3.05) is 44.2 Å². The standard InChI is InChI=1S/C18H30N4O/c1-2-7-17(19)18(23)20-10-6-11-21-12-14-22(15-13-21)16-8-4-3-5-9-16/h3-5,8-9,17H,2,6-7,10-15,19H2,1H3,(H,20,23). The minimum Gasteiger partial charge on any atom is -0.369 e. The summed E-state index contributed by atoms with van der Waals surface area (Å²) in [5, 5.41) is 2.94. The summed E-state index contributed by atoms with van der Waals surface area (Å²) < 4.78 is 0. The zero-order valence-corrected chi connectivity index (χ0v) is 14.2. The summed E-state index contributed by atoms with van der Waals surface area (Å²) in [7, 11) is 0. The van der Waals surface area contributed by atoms with Crippen LogP contribution in [0.3, 0.4) is 0 Å². The predicted molar refractivity (Wildman–Crippen MR) is 95.6 cm³/mol. The third-order valence-corrected chi connectivity index (χ3v) is 4.38. The van der Waals surface area contributed by atoms with Gasteiger partial charge in [-0.1, -0.05) is 31.5 Å². The van der Waals surface area contributed by atoms with Gasteiger partial charge in [0.1, 0.15) is 0 Å². The maximum atomic E-state index is 11.7. The predicted octanol–water partition coefficient (Wildman–Crippen LogP) is 1.44. The molecule has 0 aromatic heterocycles. The second-order valence-electron chi connectivity index (χ2n) is 6.20. The second-order valence-corrected chi connectivity index (χ2v) is 6.20. The first-order valence-corrected chi connectivity index (χ1v) is 8.76. The average Bonchev–Trinajstić information content (AvgIpc) is 2.60. The molecule has 0 radical (unpaired) electrons. The van der Waals surface area contributed by atoms with Gasteiger partial charge >= 0.3 is 0 Å². The Bertz CT molecular complexity index is 457. The van der Waals surface area contributed by atoms with E-state index in [2.05, 4.69) is 45.4 Å². The molecule has 3 N–H and O–H groups in total. The quantitative estimate of drug-likeness (QED) is 0.712. The van der Waals surface area contributed by atoms with Crippen molar-refractivity contribution in [2.45, 2.75) is 32.2 Å². The van der Waals surface area contributed by atoms with Gasteiger partial charge in [-0.05, 0) is 31.5 Å². The molecular weight excluding hydrogens is 288 g/mol. The van der Waals surface area contributed by atoms with Crippen molar-refractivity contribution in [1.29, 1.82) is 0 Å². The van der Waals surface area contributed by atoms with Gasteiger partial charge in [0, 0.05) is 38.4 Å². The molecule has 2 rings (SSSR count). The Kier molecular flexibility index (Phi) is 7.36. The van der Waals surface area contributed by atoms with Crippen LogP contribution in [0.4, 0.5) is 5.69 Å². The zero-order valence-electron chi connectivity index (χ0n) is 14.2. The van der Waals surface area contributed by atoms with Crippen LogP contribution in [-0.4, -0.2) is 56.1 Å². The first-order chi connectivity index (χ1) is 11.2. The van der Waals surface area contributed by atoms with Crippen molar-refractivity contribution < 1.29 is 4.79 Å². The number of nitrogens with two attached hydrogens (primary N) is 1. The number of nitrogens with zero attached hydrogens (tertiary/aromatic N) is 2. The first kappa shape index (κ1) is 17.8. The first-order valence-electron chi connectivity index (χ1n) is 8.76. The Morgan fingerprint density at radius 2 is 1.91 bits per heavy atom. The minimum atomic E-state index is -0.352. The van der Waals surface area contributed by atoms with Gasteiger partial charge in [-0.25, -0.2) is 0 Å². The van der Waals surface area contributed by atoms with Crippen molar-refractivity contribution in [3.8, 4) is 0 Å². The van der Waals surface area contributed by atoms with E-state index in [1.807, 2.05) is 6.92 Å². The van der Waals surface area contributed by atoms with E-state index >= 15 is 0 Å². The van der Waals surface area contributed by atoms with Crippen LogP contribution >= 0.6 is 0 Å². The fourth-order valence-corrected chi connectivity index (χ4v) is 2.96. The molecule has 1 aliphatic heterocycles. The van der Waals surface area contributed by atoms with Crippen molar-refractivity contribution >= 4 is 11.6 Å². The lowest BCUT2D eigenvalue weighted by molar-refractivity contribution is -0.122. The van der Waals surface area contributed by atoms with E-state index in [1.54, 1.807) is 0 Å². The maximum absolute atomic E-state index is 11.7. The van der Waals surface area contributed by atoms with E-state index < -0.39 is 0 Å². The molecule has 1 saturated heterocycles. The molecule has 1 fully saturated rings. The van der Waals surface area contributed by atoms with Crippen LogP contribution in [0, 0.1) is 0 Å². The molecule has 0 spiro atoms. The monoisotopic (exact) mass is 318 g/mol. The van der Waals surface area contributed by atoms with Crippen LogP contribution in [0.15, 0.2) is 30.3 Å². The van der Waals surface area contributed by atoms with Crippen LogP contribution in [-0.2, 0) is 4.79 Å². The van der Waals surface area contributed by atoms with E-state index in [4.69, 9.17) is 5.73 Å². The number of rotatable bonds is 8. The second kappa shape index (κ2) is 9.53. The fraction of sp³-hybridized carbons (Fsp3) is 0.611. The number of carbonyl (C=O) groups excluding carboxylic acids is 1. The highest BCUT2D eigenvalue weighted by atomic mass is 16.2. The normalized spacial score (nSPS) is 17.0. The Labute approximate surface area is 139 Å². The highest BCUT2D eigenvalue weighted by molar-refractivity contribution is 5.81. The lowest BCUT2D eigenvalue weighted by Crippen LogP contribution is -2.47. The van der Waals surface area contributed by atoms with Crippen molar-refractivity contribution in [3.63, 3.8) is 0 Å². The van der Waals surface area contributed by atoms with Gasteiger partial charge in [0.05, 0.1) is 6.04 Å². The molecule has 1 amide bonds. The number of anilines is 1. The number of benzene rings is 1. The number of hydrogen-bond acceptors (Lipinski definition) is 4. The fourth-order valence-electron chi connectivity index (χ4n) is 2.96. The smallest absolute Gasteiger partial charge is 0.236 e. The number of amides is 1. The van der Waals surface area contributed by atoms with E-state index in [1.165, 1.54) is 5.69 Å². The molecule has 23 heavy (non-hydrogen) atoms. The topological polar surface area (TPSA) is 61.6 Å². The molecule has 128 valence electrons. The summed E-state index contributed by atoms with van der Waals surface area (Å²) >= 11 is 0. The minimum absolute atomic E-state index is 0.0132. The summed E-state index contributed by atoms with van der Waals surface area (Å²) in [6, 6.07) is 10.2. The summed E-state index contributed by atoms with van der Waals surface area (Å²) in [4.78, 5) is 16.6. The summed E-state index contributed by atoms with van der Waals surface area (Å²) in [6.45, 7) is 8.09. The molecule has 0 aliphatic carbocycles. The summed E-state index contributed by atoms with van der Waals surface area (Å²) in [5.41, 5.74) is 7.10. The van der Waals surface area contributed by atoms with Crippen LogP contribution in [0.5, 0.6) is 0 Å². The number of hydrogen-bond donors (Lipinski definition) is 2. The highest BCUT2D eigenvalue weighted by Gasteiger charge is 2.17. The third-order valence-electron chi connectivity index (χ3n) is 4.38. The number of piperazine rings is 1. The Morgan fingerprint density at radius 1 is 1.22 bits per heavy atom. The molecular formula is C18H30N4O. The Balaban J connectivity index is 1.59. The molecule has 1 aromatic rings. The number of carbonyl (C=O) groups is 1. The van der Waals surface area contributed by atoms with Crippen LogP contribution in [0.1, 0.15) is 26.2 Å². The summed E-state index contributed by atoms with van der Waals surface area (Å²) in [6.07, 6.45) is 2.68. The molecule has 1 atom stereocenters. The van der Waals surface area contributed by atoms with Crippen LogP contribution in [0.25, 0.3) is 0 Å². The highest BCUT2D eigenvalue weighted by Crippen LogP contribution is 2.15. The van der Waals surface area contributed by atoms with E-state index in [0.717, 1.165) is 58.5 Å². The molecule has 0 bridgehead atoms. The van der Waals surface area contributed by atoms with Gasteiger partial charge in [-0.3, -0.25) is 9.69 Å². The van der Waals surface area contributed by atoms with Gasteiger partial charge in [-0.15, -0.1) is 0 Å². The van der Waals surface area contributed by atoms with Crippen LogP contribution in [0.2, 0.25) is 0 Å². The number of para-hydroxylation sites is 1. The molecule has 1 heterocycles. The van der Waals surface area contributed by atoms with E-state index in [0.29, 0.717) is 0 Å². The number of nitrogens with one attached hydrogen (secondary N) is 1. The molecule has 1 aliphatic rings.